The lowest BCUT2D eigenvalue weighted by molar-refractivity contribution is -0.0637. The van der Waals surface area contributed by atoms with Crippen molar-refractivity contribution in [2.75, 3.05) is 26.4 Å². The fourth-order valence-corrected chi connectivity index (χ4v) is 8.04. The second kappa shape index (κ2) is 17.9. The van der Waals surface area contributed by atoms with E-state index < -0.39 is 59.1 Å². The SMILES string of the molecule is CC(C)(C)OC(=O)N1[C@H](c2ccc3c(c2)-c2cc([C@@H]4COC(C)(C)N4C(=O)OC(C)(C)C)ccc2O[C@@H](COCc2ccccc2)[C@H](COCc2ccccc2)O3)COC1(C)C. The first-order chi connectivity index (χ1) is 29.3. The molecule has 3 heterocycles. The third-order valence-corrected chi connectivity index (χ3v) is 11.0. The van der Waals surface area contributed by atoms with Crippen LogP contribution in [0.2, 0.25) is 0 Å². The third-order valence-electron chi connectivity index (χ3n) is 11.0. The summed E-state index contributed by atoms with van der Waals surface area (Å²) in [7, 11) is 0. The summed E-state index contributed by atoms with van der Waals surface area (Å²) in [6.07, 6.45) is -2.13. The van der Waals surface area contributed by atoms with Crippen molar-refractivity contribution in [1.82, 2.24) is 9.80 Å². The quantitative estimate of drug-likeness (QED) is 0.153. The van der Waals surface area contributed by atoms with E-state index in [0.29, 0.717) is 24.7 Å². The Hall–Kier alpha value is -5.14. The lowest BCUT2D eigenvalue weighted by Crippen LogP contribution is -2.47. The monoisotopic (exact) mass is 850 g/mol. The van der Waals surface area contributed by atoms with Crippen LogP contribution in [-0.2, 0) is 41.6 Å². The second-order valence-electron chi connectivity index (χ2n) is 19.1. The van der Waals surface area contributed by atoms with E-state index in [1.54, 1.807) is 9.80 Å². The van der Waals surface area contributed by atoms with Gasteiger partial charge in [-0.2, -0.15) is 0 Å². The number of nitrogens with zero attached hydrogens (tertiary/aromatic N) is 2. The number of ether oxygens (including phenoxy) is 8. The zero-order valence-corrected chi connectivity index (χ0v) is 37.8. The van der Waals surface area contributed by atoms with Crippen LogP contribution in [0.25, 0.3) is 11.1 Å². The van der Waals surface area contributed by atoms with E-state index in [9.17, 15) is 9.59 Å². The molecule has 0 bridgehead atoms. The Labute approximate surface area is 366 Å². The minimum absolute atomic E-state index is 0.208. The highest BCUT2D eigenvalue weighted by Gasteiger charge is 2.48. The minimum Gasteiger partial charge on any atom is -0.483 e. The Morgan fingerprint density at radius 2 is 0.952 bits per heavy atom. The number of rotatable bonds is 10. The fourth-order valence-electron chi connectivity index (χ4n) is 8.04. The predicted octanol–water partition coefficient (Wildman–Crippen LogP) is 10.4. The van der Waals surface area contributed by atoms with E-state index in [0.717, 1.165) is 33.4 Å². The van der Waals surface area contributed by atoms with Gasteiger partial charge in [-0.05, 0) is 116 Å². The molecule has 0 aromatic heterocycles. The summed E-state index contributed by atoms with van der Waals surface area (Å²) in [4.78, 5) is 31.0. The zero-order chi connectivity index (χ0) is 44.5. The molecule has 332 valence electrons. The van der Waals surface area contributed by atoms with Crippen LogP contribution >= 0.6 is 0 Å². The molecule has 12 nitrogen and oxygen atoms in total. The maximum absolute atomic E-state index is 13.8. The molecule has 4 aromatic rings. The van der Waals surface area contributed by atoms with E-state index in [1.807, 2.05) is 166 Å². The molecule has 4 atom stereocenters. The van der Waals surface area contributed by atoms with Gasteiger partial charge in [-0.3, -0.25) is 9.80 Å². The number of carbonyl (C=O) groups is 2. The number of hydrogen-bond acceptors (Lipinski definition) is 10. The summed E-state index contributed by atoms with van der Waals surface area (Å²) < 4.78 is 50.9. The molecule has 0 aliphatic carbocycles. The largest absolute Gasteiger partial charge is 0.483 e. The van der Waals surface area contributed by atoms with Gasteiger partial charge in [-0.15, -0.1) is 0 Å². The summed E-state index contributed by atoms with van der Waals surface area (Å²) in [5.74, 6) is 1.18. The summed E-state index contributed by atoms with van der Waals surface area (Å²) in [5.41, 5.74) is 1.88. The van der Waals surface area contributed by atoms with Crippen LogP contribution in [-0.4, -0.2) is 83.3 Å². The third kappa shape index (κ3) is 10.5. The molecule has 62 heavy (non-hydrogen) atoms. The lowest BCUT2D eigenvalue weighted by Gasteiger charge is -2.36. The molecule has 0 unspecified atom stereocenters. The first-order valence-corrected chi connectivity index (χ1v) is 21.5. The molecule has 4 aromatic carbocycles. The van der Waals surface area contributed by atoms with Gasteiger partial charge in [0.1, 0.15) is 34.2 Å². The molecule has 12 heteroatoms. The lowest BCUT2D eigenvalue weighted by atomic mass is 9.93. The van der Waals surface area contributed by atoms with Crippen molar-refractivity contribution in [3.63, 3.8) is 0 Å². The smallest absolute Gasteiger partial charge is 0.413 e. The maximum atomic E-state index is 13.8. The average Bonchev–Trinajstić information content (AvgIpc) is 3.70. The van der Waals surface area contributed by atoms with Crippen LogP contribution in [0.1, 0.15) is 104 Å². The Morgan fingerprint density at radius 3 is 1.31 bits per heavy atom. The molecule has 2 saturated heterocycles. The van der Waals surface area contributed by atoms with Gasteiger partial charge in [0, 0.05) is 11.1 Å². The molecule has 7 rings (SSSR count). The number of amides is 2. The highest BCUT2D eigenvalue weighted by atomic mass is 16.6. The Morgan fingerprint density at radius 1 is 0.581 bits per heavy atom. The normalized spacial score (nSPS) is 21.8. The van der Waals surface area contributed by atoms with Gasteiger partial charge in [0.2, 0.25) is 0 Å². The Kier molecular flexibility index (Phi) is 13.0. The molecular weight excluding hydrogens is 789 g/mol. The number of hydrogen-bond donors (Lipinski definition) is 0. The molecule has 2 amide bonds. The summed E-state index contributed by atoms with van der Waals surface area (Å²) in [6.45, 7) is 20.3. The topological polar surface area (TPSA) is 114 Å². The zero-order valence-electron chi connectivity index (χ0n) is 37.8. The average molecular weight is 851 g/mol. The number of fused-ring (bicyclic) bond motifs is 3. The maximum Gasteiger partial charge on any atom is 0.413 e. The second-order valence-corrected chi connectivity index (χ2v) is 19.1. The molecule has 2 fully saturated rings. The molecule has 0 N–H and O–H groups in total. The molecule has 3 aliphatic rings. The van der Waals surface area contributed by atoms with Crippen LogP contribution in [0, 0.1) is 0 Å². The summed E-state index contributed by atoms with van der Waals surface area (Å²) >= 11 is 0. The van der Waals surface area contributed by atoms with Crippen LogP contribution < -0.4 is 9.47 Å². The van der Waals surface area contributed by atoms with E-state index in [1.165, 1.54) is 0 Å². The first-order valence-electron chi connectivity index (χ1n) is 21.5. The minimum atomic E-state index is -0.934. The van der Waals surface area contributed by atoms with E-state index in [4.69, 9.17) is 37.9 Å². The van der Waals surface area contributed by atoms with Crippen LogP contribution in [0.15, 0.2) is 97.1 Å². The molecule has 3 aliphatic heterocycles. The van der Waals surface area contributed by atoms with Gasteiger partial charge >= 0.3 is 12.2 Å². The first kappa shape index (κ1) is 44.9. The van der Waals surface area contributed by atoms with Gasteiger partial charge < -0.3 is 37.9 Å². The fraction of sp³-hybridized carbons (Fsp3) is 0.480. The van der Waals surface area contributed by atoms with Crippen molar-refractivity contribution in [3.05, 3.63) is 119 Å². The Balaban J connectivity index is 1.31. The molecule has 0 saturated carbocycles. The van der Waals surface area contributed by atoms with Gasteiger partial charge in [-0.1, -0.05) is 72.8 Å². The van der Waals surface area contributed by atoms with E-state index in [-0.39, 0.29) is 26.4 Å². The highest BCUT2D eigenvalue weighted by Crippen LogP contribution is 2.47. The number of benzene rings is 4. The van der Waals surface area contributed by atoms with Gasteiger partial charge in [-0.25, -0.2) is 9.59 Å². The van der Waals surface area contributed by atoms with Gasteiger partial charge in [0.15, 0.2) is 12.2 Å². The summed E-state index contributed by atoms with van der Waals surface area (Å²) in [6, 6.07) is 30.9. The van der Waals surface area contributed by atoms with Crippen LogP contribution in [0.3, 0.4) is 0 Å². The van der Waals surface area contributed by atoms with Crippen molar-refractivity contribution >= 4 is 12.2 Å². The Bertz CT molecular complexity index is 2020. The van der Waals surface area contributed by atoms with Crippen LogP contribution in [0.5, 0.6) is 11.5 Å². The van der Waals surface area contributed by atoms with Crippen molar-refractivity contribution in [3.8, 4) is 22.6 Å². The van der Waals surface area contributed by atoms with E-state index >= 15 is 0 Å². The summed E-state index contributed by atoms with van der Waals surface area (Å²) in [5, 5.41) is 0. The van der Waals surface area contributed by atoms with Crippen molar-refractivity contribution in [2.24, 2.45) is 0 Å². The highest BCUT2D eigenvalue weighted by molar-refractivity contribution is 5.79. The van der Waals surface area contributed by atoms with Gasteiger partial charge in [0.25, 0.3) is 0 Å². The van der Waals surface area contributed by atoms with Crippen LogP contribution in [0.4, 0.5) is 9.59 Å². The van der Waals surface area contributed by atoms with Crippen molar-refractivity contribution in [2.45, 2.75) is 129 Å². The molecule has 0 radical (unpaired) electrons. The van der Waals surface area contributed by atoms with Crippen molar-refractivity contribution < 1.29 is 47.5 Å². The molecular formula is C50H62N2O10. The standard InChI is InChI=1S/C50H62N2O10/c1-47(2,3)61-45(53)51-39(29-57-49(51,7)8)35-21-23-41-37(25-35)38-26-36(40-30-58-50(9,10)52(40)46(54)62-48(4,5)6)22-24-42(38)60-44(32-56-28-34-19-15-12-16-20-34)43(59-41)31-55-27-33-17-13-11-14-18-33/h11-26,39-40,43-44H,27-32H2,1-10H3/t39-,40-,43-,44-/m0/s1. The van der Waals surface area contributed by atoms with E-state index in [2.05, 4.69) is 0 Å². The number of carbonyl (C=O) groups excluding carboxylic acids is 2. The predicted molar refractivity (Wildman–Crippen MR) is 235 cm³/mol. The van der Waals surface area contributed by atoms with Crippen molar-refractivity contribution in [1.29, 1.82) is 0 Å². The van der Waals surface area contributed by atoms with Gasteiger partial charge in [0.05, 0.1) is 51.7 Å². The molecule has 0 spiro atoms.